The van der Waals surface area contributed by atoms with Crippen LogP contribution in [-0.2, 0) is 9.59 Å². The van der Waals surface area contributed by atoms with Crippen LogP contribution < -0.4 is 31.7 Å². The van der Waals surface area contributed by atoms with Gasteiger partial charge in [0.05, 0.1) is 17.7 Å². The number of aliphatic imine (C=N–C) groups is 1. The van der Waals surface area contributed by atoms with Crippen LogP contribution >= 0.6 is 0 Å². The molecule has 3 saturated heterocycles. The number of piperidine rings is 2. The summed E-state index contributed by atoms with van der Waals surface area (Å²) in [5.41, 5.74) is 19.1. The number of anilines is 3. The smallest absolute Gasteiger partial charge is 0.249 e. The number of imidazole rings is 1. The molecule has 5 heterocycles. The van der Waals surface area contributed by atoms with Gasteiger partial charge in [-0.1, -0.05) is 0 Å². The van der Waals surface area contributed by atoms with Gasteiger partial charge in [-0.3, -0.25) is 19.9 Å². The average molecular weight is 749 g/mol. The van der Waals surface area contributed by atoms with Crippen molar-refractivity contribution in [3.05, 3.63) is 89.8 Å². The van der Waals surface area contributed by atoms with E-state index in [4.69, 9.17) is 21.2 Å². The fraction of sp³-hybridized carbons (Fsp3) is 0.390. The highest BCUT2D eigenvalue weighted by Crippen LogP contribution is 2.36. The topological polar surface area (TPSA) is 169 Å². The highest BCUT2D eigenvalue weighted by molar-refractivity contribution is 6.01. The number of imide groups is 1. The maximum absolute atomic E-state index is 14.4. The predicted octanol–water partition coefficient (Wildman–Crippen LogP) is 5.11. The third-order valence-corrected chi connectivity index (χ3v) is 10.8. The third kappa shape index (κ3) is 8.49. The minimum absolute atomic E-state index is 0.213. The quantitative estimate of drug-likeness (QED) is 0.113. The summed E-state index contributed by atoms with van der Waals surface area (Å²) in [5.74, 6) is 0.366. The summed E-state index contributed by atoms with van der Waals surface area (Å²) in [5, 5.41) is 5.64. The molecule has 288 valence electrons. The zero-order valence-corrected chi connectivity index (χ0v) is 31.5. The number of benzene rings is 2. The average Bonchev–Trinajstić information content (AvgIpc) is 3.55. The Balaban J connectivity index is 0.940. The van der Waals surface area contributed by atoms with Crippen LogP contribution in [0.5, 0.6) is 5.75 Å². The molecule has 7 rings (SSSR count). The van der Waals surface area contributed by atoms with E-state index in [0.29, 0.717) is 41.3 Å². The molecule has 0 spiro atoms. The fourth-order valence-electron chi connectivity index (χ4n) is 7.84. The summed E-state index contributed by atoms with van der Waals surface area (Å²) < 4.78 is 23.0. The van der Waals surface area contributed by atoms with Crippen molar-refractivity contribution >= 4 is 40.9 Å². The first-order valence-electron chi connectivity index (χ1n) is 18.9. The van der Waals surface area contributed by atoms with E-state index in [9.17, 15) is 14.0 Å². The summed E-state index contributed by atoms with van der Waals surface area (Å²) in [6, 6.07) is 14.4. The van der Waals surface area contributed by atoms with Gasteiger partial charge in [-0.15, -0.1) is 0 Å². The van der Waals surface area contributed by atoms with Crippen molar-refractivity contribution in [1.29, 1.82) is 0 Å². The van der Waals surface area contributed by atoms with E-state index in [1.54, 1.807) is 31.6 Å². The maximum Gasteiger partial charge on any atom is 0.249 e. The Kier molecular flexibility index (Phi) is 11.1. The predicted molar refractivity (Wildman–Crippen MR) is 213 cm³/mol. The highest BCUT2D eigenvalue weighted by atomic mass is 19.1. The van der Waals surface area contributed by atoms with E-state index in [0.717, 1.165) is 68.2 Å². The molecule has 2 atom stereocenters. The molecule has 2 aromatic carbocycles. The largest absolute Gasteiger partial charge is 0.482 e. The van der Waals surface area contributed by atoms with Crippen molar-refractivity contribution in [1.82, 2.24) is 24.8 Å². The van der Waals surface area contributed by atoms with Crippen molar-refractivity contribution in [2.45, 2.75) is 57.7 Å². The molecule has 14 heteroatoms. The second kappa shape index (κ2) is 16.3. The van der Waals surface area contributed by atoms with Gasteiger partial charge < -0.3 is 35.9 Å². The molecule has 0 saturated carbocycles. The molecule has 3 aliphatic heterocycles. The molecule has 0 aliphatic carbocycles. The zero-order chi connectivity index (χ0) is 38.6. The summed E-state index contributed by atoms with van der Waals surface area (Å²) in [6.07, 6.45) is 9.22. The Morgan fingerprint density at radius 3 is 2.60 bits per heavy atom. The molecule has 0 bridgehead atoms. The van der Waals surface area contributed by atoms with Gasteiger partial charge in [-0.05, 0) is 87.7 Å². The number of nitrogens with zero attached hydrogens (tertiary/aromatic N) is 6. The number of nitrogen functional groups attached to an aromatic ring is 1. The number of carbonyl (C=O) groups is 2. The van der Waals surface area contributed by atoms with Crippen LogP contribution in [0.2, 0.25) is 0 Å². The van der Waals surface area contributed by atoms with Crippen molar-refractivity contribution < 1.29 is 18.7 Å². The molecule has 6 N–H and O–H groups in total. The zero-order valence-electron chi connectivity index (χ0n) is 31.5. The van der Waals surface area contributed by atoms with E-state index >= 15 is 0 Å². The molecule has 0 radical (unpaired) electrons. The van der Waals surface area contributed by atoms with Crippen LogP contribution in [0.1, 0.15) is 61.6 Å². The summed E-state index contributed by atoms with van der Waals surface area (Å²) >= 11 is 0. The number of likely N-dealkylation sites (tertiary alicyclic amines) is 1. The van der Waals surface area contributed by atoms with Crippen LogP contribution in [0.4, 0.5) is 21.6 Å². The minimum atomic E-state index is -0.580. The molecule has 2 amide bonds. The lowest BCUT2D eigenvalue weighted by Gasteiger charge is -2.44. The second-order valence-corrected chi connectivity index (χ2v) is 14.7. The number of aromatic nitrogens is 3. The number of halogens is 1. The van der Waals surface area contributed by atoms with Crippen LogP contribution in [0.15, 0.2) is 72.1 Å². The number of aryl methyl sites for hydroxylation is 1. The molecule has 4 aromatic rings. The van der Waals surface area contributed by atoms with Gasteiger partial charge in [-0.2, -0.15) is 0 Å². The van der Waals surface area contributed by atoms with Crippen LogP contribution in [0.3, 0.4) is 0 Å². The lowest BCUT2D eigenvalue weighted by atomic mass is 9.96. The van der Waals surface area contributed by atoms with E-state index in [1.165, 1.54) is 17.8 Å². The van der Waals surface area contributed by atoms with E-state index in [-0.39, 0.29) is 29.7 Å². The van der Waals surface area contributed by atoms with Crippen molar-refractivity contribution in [2.24, 2.45) is 16.6 Å². The molecule has 55 heavy (non-hydrogen) atoms. The maximum atomic E-state index is 14.4. The number of nitrogens with two attached hydrogens (primary N) is 2. The van der Waals surface area contributed by atoms with Crippen LogP contribution in [-0.4, -0.2) is 83.3 Å². The Hall–Kier alpha value is -5.76. The Bertz CT molecular complexity index is 2080. The number of hydrogen-bond donors (Lipinski definition) is 4. The van der Waals surface area contributed by atoms with Crippen LogP contribution in [0, 0.1) is 18.7 Å². The Morgan fingerprint density at radius 1 is 1.11 bits per heavy atom. The van der Waals surface area contributed by atoms with Crippen molar-refractivity contribution in [2.75, 3.05) is 55.7 Å². The van der Waals surface area contributed by atoms with Crippen LogP contribution in [0.25, 0.3) is 17.0 Å². The lowest BCUT2D eigenvalue weighted by molar-refractivity contribution is -0.133. The van der Waals surface area contributed by atoms with E-state index < -0.39 is 11.9 Å². The summed E-state index contributed by atoms with van der Waals surface area (Å²) in [6.45, 7) is 8.92. The summed E-state index contributed by atoms with van der Waals surface area (Å²) in [7, 11) is 1.65. The molecule has 3 aliphatic rings. The molecular formula is C41H49FN10O3. The monoisotopic (exact) mass is 748 g/mol. The van der Waals surface area contributed by atoms with E-state index in [2.05, 4.69) is 47.1 Å². The number of rotatable bonds is 12. The first kappa shape index (κ1) is 37.6. The lowest BCUT2D eigenvalue weighted by Crippen LogP contribution is -2.52. The van der Waals surface area contributed by atoms with Gasteiger partial charge in [0, 0.05) is 104 Å². The number of allylic oxidation sites excluding steroid dienone is 1. The SMILES string of the molecule is CN=C/C=C(\N)c1ccc(F)cc1C(C)Oc1cc(-c2c(C)ncn2C2CCN(CC3CN(c4ccc(NC5CCC(=O)NC5=O)cc4)C3)CC2)cnc1N. The number of hydrogen-bond acceptors (Lipinski definition) is 11. The number of ether oxygens (including phenoxy) is 1. The van der Waals surface area contributed by atoms with Gasteiger partial charge in [0.1, 0.15) is 18.0 Å². The minimum Gasteiger partial charge on any atom is -0.482 e. The first-order chi connectivity index (χ1) is 26.6. The Labute approximate surface area is 320 Å². The number of amides is 2. The third-order valence-electron chi connectivity index (χ3n) is 10.8. The molecule has 2 unspecified atom stereocenters. The second-order valence-electron chi connectivity index (χ2n) is 14.7. The van der Waals surface area contributed by atoms with Gasteiger partial charge >= 0.3 is 0 Å². The highest BCUT2D eigenvalue weighted by Gasteiger charge is 2.32. The molecule has 13 nitrogen and oxygen atoms in total. The normalized spacial score (nSPS) is 19.4. The van der Waals surface area contributed by atoms with Gasteiger partial charge in [-0.25, -0.2) is 14.4 Å². The first-order valence-corrected chi connectivity index (χ1v) is 18.9. The van der Waals surface area contributed by atoms with Crippen molar-refractivity contribution in [3.63, 3.8) is 0 Å². The van der Waals surface area contributed by atoms with E-state index in [1.807, 2.05) is 38.4 Å². The van der Waals surface area contributed by atoms with Gasteiger partial charge in [0.2, 0.25) is 11.8 Å². The number of nitrogens with one attached hydrogen (secondary N) is 2. The van der Waals surface area contributed by atoms with Crippen molar-refractivity contribution in [3.8, 4) is 17.0 Å². The standard InChI is InChI=1S/C41H49FN10O3/c1-25-39(28-18-37(40(44)46-20-28)55-26(2)34-19-29(42)4-9-33(34)35(43)12-15-45-3)52(24-47-25)32-13-16-50(17-14-32)21-27-22-51(23-27)31-7-5-30(6-8-31)48-36-10-11-38(53)49-41(36)54/h4-9,12,15,18-20,24,26-27,32,36,48H,10-11,13-14,16-17,21-23,43H2,1-3H3,(H2,44,46)(H,49,53,54)/b35-12-,45-15?. The molecule has 3 fully saturated rings. The number of carbonyl (C=O) groups excluding carboxylic acids is 2. The molecular weight excluding hydrogens is 700 g/mol. The van der Waals surface area contributed by atoms with Gasteiger partial charge in [0.25, 0.3) is 0 Å². The van der Waals surface area contributed by atoms with Gasteiger partial charge in [0.15, 0.2) is 11.6 Å². The number of pyridine rings is 1. The summed E-state index contributed by atoms with van der Waals surface area (Å²) in [4.78, 5) is 41.7. The fourth-order valence-corrected chi connectivity index (χ4v) is 7.84. The Morgan fingerprint density at radius 2 is 1.87 bits per heavy atom. The molecule has 2 aromatic heterocycles.